The van der Waals surface area contributed by atoms with Crippen LogP contribution in [0.5, 0.6) is 0 Å². The van der Waals surface area contributed by atoms with Gasteiger partial charge in [0.15, 0.2) is 0 Å². The quantitative estimate of drug-likeness (QED) is 0.842. The van der Waals surface area contributed by atoms with Crippen LogP contribution in [0.4, 0.5) is 4.39 Å². The van der Waals surface area contributed by atoms with E-state index in [1.165, 1.54) is 18.2 Å². The van der Waals surface area contributed by atoms with Gasteiger partial charge in [-0.25, -0.2) is 4.39 Å². The molecular weight excluding hydrogens is 325 g/mol. The van der Waals surface area contributed by atoms with Crippen molar-refractivity contribution in [3.63, 3.8) is 0 Å². The molecule has 2 rings (SSSR count). The SMILES string of the molecule is Cc1[nH]ncc1CNC(=O)/C=C/c1cc(Br)ccc1F. The van der Waals surface area contributed by atoms with Crippen LogP contribution in [0.25, 0.3) is 6.08 Å². The molecule has 4 nitrogen and oxygen atoms in total. The summed E-state index contributed by atoms with van der Waals surface area (Å²) >= 11 is 3.26. The zero-order valence-corrected chi connectivity index (χ0v) is 12.4. The Morgan fingerprint density at radius 1 is 1.55 bits per heavy atom. The highest BCUT2D eigenvalue weighted by molar-refractivity contribution is 9.10. The number of rotatable bonds is 4. The number of aromatic amines is 1. The molecule has 0 spiro atoms. The molecule has 0 bridgehead atoms. The Balaban J connectivity index is 1.96. The average molecular weight is 338 g/mol. The molecule has 0 saturated carbocycles. The van der Waals surface area contributed by atoms with E-state index in [0.29, 0.717) is 12.1 Å². The van der Waals surface area contributed by atoms with Crippen LogP contribution in [0.15, 0.2) is 34.9 Å². The lowest BCUT2D eigenvalue weighted by Gasteiger charge is -2.01. The zero-order valence-electron chi connectivity index (χ0n) is 10.8. The number of nitrogens with one attached hydrogen (secondary N) is 2. The van der Waals surface area contributed by atoms with Crippen molar-refractivity contribution < 1.29 is 9.18 Å². The van der Waals surface area contributed by atoms with Crippen molar-refractivity contribution in [3.05, 3.63) is 57.6 Å². The van der Waals surface area contributed by atoms with Crippen molar-refractivity contribution in [2.24, 2.45) is 0 Å². The number of benzene rings is 1. The fourth-order valence-corrected chi connectivity index (χ4v) is 1.98. The first-order chi connectivity index (χ1) is 9.56. The Bertz CT molecular complexity index is 652. The number of halogens is 2. The summed E-state index contributed by atoms with van der Waals surface area (Å²) in [7, 11) is 0. The molecule has 1 aromatic heterocycles. The first-order valence-electron chi connectivity index (χ1n) is 5.96. The minimum Gasteiger partial charge on any atom is -0.348 e. The molecule has 0 aliphatic carbocycles. The molecule has 104 valence electrons. The van der Waals surface area contributed by atoms with Crippen molar-refractivity contribution >= 4 is 27.9 Å². The van der Waals surface area contributed by atoms with Gasteiger partial charge in [-0.2, -0.15) is 5.10 Å². The molecule has 0 aliphatic heterocycles. The van der Waals surface area contributed by atoms with Crippen LogP contribution < -0.4 is 5.32 Å². The van der Waals surface area contributed by atoms with E-state index in [1.54, 1.807) is 18.3 Å². The lowest BCUT2D eigenvalue weighted by atomic mass is 10.2. The van der Waals surface area contributed by atoms with Gasteiger partial charge in [0.25, 0.3) is 0 Å². The molecule has 0 unspecified atom stereocenters. The topological polar surface area (TPSA) is 57.8 Å². The first-order valence-corrected chi connectivity index (χ1v) is 6.75. The zero-order chi connectivity index (χ0) is 14.5. The second-order valence-corrected chi connectivity index (χ2v) is 5.15. The van der Waals surface area contributed by atoms with Gasteiger partial charge in [0.2, 0.25) is 5.91 Å². The Hall–Kier alpha value is -1.95. The van der Waals surface area contributed by atoms with Crippen molar-refractivity contribution in [1.82, 2.24) is 15.5 Å². The lowest BCUT2D eigenvalue weighted by Crippen LogP contribution is -2.20. The fraction of sp³-hybridized carbons (Fsp3) is 0.143. The van der Waals surface area contributed by atoms with Crippen LogP contribution in [0.2, 0.25) is 0 Å². The summed E-state index contributed by atoms with van der Waals surface area (Å²) in [4.78, 5) is 11.7. The lowest BCUT2D eigenvalue weighted by molar-refractivity contribution is -0.116. The van der Waals surface area contributed by atoms with Gasteiger partial charge in [-0.3, -0.25) is 9.89 Å². The van der Waals surface area contributed by atoms with Crippen molar-refractivity contribution in [2.45, 2.75) is 13.5 Å². The fourth-order valence-electron chi connectivity index (χ4n) is 1.60. The van der Waals surface area contributed by atoms with Gasteiger partial charge in [-0.05, 0) is 31.2 Å². The van der Waals surface area contributed by atoms with E-state index >= 15 is 0 Å². The Morgan fingerprint density at radius 2 is 2.35 bits per heavy atom. The number of H-pyrrole nitrogens is 1. The Labute approximate surface area is 124 Å². The standard InChI is InChI=1S/C14H13BrFN3O/c1-9-11(8-18-19-9)7-17-14(20)5-2-10-6-12(15)3-4-13(10)16/h2-6,8H,7H2,1H3,(H,17,20)(H,18,19)/b5-2+. The molecule has 0 fully saturated rings. The molecule has 20 heavy (non-hydrogen) atoms. The molecule has 2 aromatic rings. The molecule has 0 radical (unpaired) electrons. The number of carbonyl (C=O) groups excluding carboxylic acids is 1. The third kappa shape index (κ3) is 3.77. The van der Waals surface area contributed by atoms with Gasteiger partial charge in [0, 0.05) is 33.9 Å². The summed E-state index contributed by atoms with van der Waals surface area (Å²) in [5.41, 5.74) is 2.18. The van der Waals surface area contributed by atoms with Gasteiger partial charge in [-0.1, -0.05) is 15.9 Å². The summed E-state index contributed by atoms with van der Waals surface area (Å²) in [6, 6.07) is 4.56. The number of nitrogens with zero attached hydrogens (tertiary/aromatic N) is 1. The highest BCUT2D eigenvalue weighted by atomic mass is 79.9. The Morgan fingerprint density at radius 3 is 3.05 bits per heavy atom. The molecule has 0 saturated heterocycles. The molecule has 2 N–H and O–H groups in total. The molecule has 6 heteroatoms. The summed E-state index contributed by atoms with van der Waals surface area (Å²) in [6.45, 7) is 2.26. The van der Waals surface area contributed by atoms with E-state index in [-0.39, 0.29) is 11.7 Å². The molecule has 1 heterocycles. The average Bonchev–Trinajstić information content (AvgIpc) is 2.83. The van der Waals surface area contributed by atoms with Crippen molar-refractivity contribution in [2.75, 3.05) is 0 Å². The first kappa shape index (κ1) is 14.5. The monoisotopic (exact) mass is 337 g/mol. The molecule has 0 aliphatic rings. The van der Waals surface area contributed by atoms with Crippen molar-refractivity contribution in [1.29, 1.82) is 0 Å². The number of hydrogen-bond acceptors (Lipinski definition) is 2. The van der Waals surface area contributed by atoms with Crippen LogP contribution in [0, 0.1) is 12.7 Å². The van der Waals surface area contributed by atoms with Gasteiger partial charge >= 0.3 is 0 Å². The van der Waals surface area contributed by atoms with E-state index in [1.807, 2.05) is 6.92 Å². The summed E-state index contributed by atoms with van der Waals surface area (Å²) in [5.74, 6) is -0.659. The molecule has 1 aromatic carbocycles. The maximum absolute atomic E-state index is 13.5. The second kappa shape index (κ2) is 6.47. The molecule has 1 amide bonds. The maximum atomic E-state index is 13.5. The predicted octanol–water partition coefficient (Wildman–Crippen LogP) is 2.95. The molecule has 0 atom stereocenters. The van der Waals surface area contributed by atoms with Gasteiger partial charge < -0.3 is 5.32 Å². The van der Waals surface area contributed by atoms with Gasteiger partial charge in [0.05, 0.1) is 6.20 Å². The summed E-state index contributed by atoms with van der Waals surface area (Å²) in [6.07, 6.45) is 4.41. The predicted molar refractivity (Wildman–Crippen MR) is 78.3 cm³/mol. The van der Waals surface area contributed by atoms with Crippen LogP contribution in [-0.2, 0) is 11.3 Å². The van der Waals surface area contributed by atoms with Crippen LogP contribution in [0.3, 0.4) is 0 Å². The maximum Gasteiger partial charge on any atom is 0.244 e. The summed E-state index contributed by atoms with van der Waals surface area (Å²) in [5, 5.41) is 9.37. The van der Waals surface area contributed by atoms with E-state index in [9.17, 15) is 9.18 Å². The van der Waals surface area contributed by atoms with E-state index in [4.69, 9.17) is 0 Å². The van der Waals surface area contributed by atoms with Gasteiger partial charge in [-0.15, -0.1) is 0 Å². The van der Waals surface area contributed by atoms with Crippen molar-refractivity contribution in [3.8, 4) is 0 Å². The normalized spacial score (nSPS) is 10.9. The largest absolute Gasteiger partial charge is 0.348 e. The molecular formula is C14H13BrFN3O. The van der Waals surface area contributed by atoms with E-state index in [0.717, 1.165) is 15.7 Å². The smallest absolute Gasteiger partial charge is 0.244 e. The number of hydrogen-bond donors (Lipinski definition) is 2. The minimum absolute atomic E-state index is 0.287. The van der Waals surface area contributed by atoms with E-state index < -0.39 is 0 Å². The number of aryl methyl sites for hydroxylation is 1. The second-order valence-electron chi connectivity index (χ2n) is 4.24. The number of carbonyl (C=O) groups is 1. The van der Waals surface area contributed by atoms with Crippen LogP contribution in [-0.4, -0.2) is 16.1 Å². The van der Waals surface area contributed by atoms with Crippen LogP contribution in [0.1, 0.15) is 16.8 Å². The minimum atomic E-state index is -0.372. The highest BCUT2D eigenvalue weighted by Crippen LogP contribution is 2.16. The third-order valence-electron chi connectivity index (χ3n) is 2.76. The Kier molecular flexibility index (Phi) is 4.68. The van der Waals surface area contributed by atoms with Gasteiger partial charge in [0.1, 0.15) is 5.82 Å². The van der Waals surface area contributed by atoms with E-state index in [2.05, 4.69) is 31.4 Å². The number of amides is 1. The third-order valence-corrected chi connectivity index (χ3v) is 3.25. The number of aromatic nitrogens is 2. The summed E-state index contributed by atoms with van der Waals surface area (Å²) < 4.78 is 14.2. The highest BCUT2D eigenvalue weighted by Gasteiger charge is 2.03. The van der Waals surface area contributed by atoms with Crippen LogP contribution >= 0.6 is 15.9 Å².